The third kappa shape index (κ3) is 13.5. The highest BCUT2D eigenvalue weighted by Gasteiger charge is 2.19. The van der Waals surface area contributed by atoms with Gasteiger partial charge in [-0.25, -0.2) is 0 Å². The molecule has 0 aromatic carbocycles. The number of ether oxygens (including phenoxy) is 1. The summed E-state index contributed by atoms with van der Waals surface area (Å²) in [7, 11) is 0. The molecule has 96 valence electrons. The van der Waals surface area contributed by atoms with Crippen molar-refractivity contribution in [2.24, 2.45) is 5.92 Å². The van der Waals surface area contributed by atoms with E-state index in [1.165, 1.54) is 44.9 Å². The van der Waals surface area contributed by atoms with Gasteiger partial charge >= 0.3 is 0 Å². The first-order valence-corrected chi connectivity index (χ1v) is 6.61. The van der Waals surface area contributed by atoms with E-state index in [0.29, 0.717) is 6.47 Å². The third-order valence-corrected chi connectivity index (χ3v) is 2.56. The number of rotatable bonds is 6. The third-order valence-electron chi connectivity index (χ3n) is 2.56. The molecule has 2 heteroatoms. The first kappa shape index (κ1) is 15.5. The molecule has 0 radical (unpaired) electrons. The van der Waals surface area contributed by atoms with Crippen LogP contribution in [0.5, 0.6) is 0 Å². The predicted molar refractivity (Wildman–Crippen MR) is 68.4 cm³/mol. The van der Waals surface area contributed by atoms with E-state index in [-0.39, 0.29) is 5.60 Å². The lowest BCUT2D eigenvalue weighted by atomic mass is 10.1. The molecule has 2 nitrogen and oxygen atoms in total. The van der Waals surface area contributed by atoms with Crippen LogP contribution in [-0.4, -0.2) is 12.1 Å². The Morgan fingerprint density at radius 3 is 2.12 bits per heavy atom. The number of unbranched alkanes of at least 4 members (excludes halogenated alkanes) is 3. The van der Waals surface area contributed by atoms with Crippen molar-refractivity contribution < 1.29 is 9.53 Å². The van der Waals surface area contributed by atoms with Gasteiger partial charge in [0.25, 0.3) is 6.47 Å². The SMILES string of the molecule is CC(C)(C)OC=O.CCCCCCC1CC1. The lowest BCUT2D eigenvalue weighted by Crippen LogP contribution is -2.17. The molecule has 0 heterocycles. The molecule has 0 N–H and O–H groups in total. The van der Waals surface area contributed by atoms with Gasteiger partial charge in [-0.3, -0.25) is 4.79 Å². The molecule has 1 saturated carbocycles. The Balaban J connectivity index is 0.000000293. The minimum atomic E-state index is -0.318. The molecular formula is C14H28O2. The van der Waals surface area contributed by atoms with E-state index in [4.69, 9.17) is 0 Å². The Kier molecular flexibility index (Phi) is 8.32. The Morgan fingerprint density at radius 1 is 1.19 bits per heavy atom. The van der Waals surface area contributed by atoms with Crippen LogP contribution in [0, 0.1) is 5.92 Å². The predicted octanol–water partition coefficient (Wildman–Crippen LogP) is 4.32. The number of carbonyl (C=O) groups excluding carboxylic acids is 1. The highest BCUT2D eigenvalue weighted by Crippen LogP contribution is 2.33. The molecule has 0 atom stereocenters. The van der Waals surface area contributed by atoms with Crippen molar-refractivity contribution in [2.45, 2.75) is 78.2 Å². The number of carbonyl (C=O) groups is 1. The molecule has 0 bridgehead atoms. The molecule has 0 aliphatic heterocycles. The second-order valence-electron chi connectivity index (χ2n) is 5.62. The summed E-state index contributed by atoms with van der Waals surface area (Å²) in [6.45, 7) is 8.20. The van der Waals surface area contributed by atoms with Gasteiger partial charge in [0, 0.05) is 0 Å². The van der Waals surface area contributed by atoms with Crippen LogP contribution in [0.1, 0.15) is 72.6 Å². The van der Waals surface area contributed by atoms with Crippen LogP contribution in [0.4, 0.5) is 0 Å². The largest absolute Gasteiger partial charge is 0.462 e. The van der Waals surface area contributed by atoms with E-state index < -0.39 is 0 Å². The summed E-state index contributed by atoms with van der Waals surface area (Å²) in [4.78, 5) is 9.60. The van der Waals surface area contributed by atoms with Crippen LogP contribution in [0.3, 0.4) is 0 Å². The van der Waals surface area contributed by atoms with Crippen LogP contribution >= 0.6 is 0 Å². The topological polar surface area (TPSA) is 26.3 Å². The van der Waals surface area contributed by atoms with Gasteiger partial charge in [-0.1, -0.05) is 51.9 Å². The van der Waals surface area contributed by atoms with Crippen molar-refractivity contribution in [3.63, 3.8) is 0 Å². The maximum atomic E-state index is 9.60. The fraction of sp³-hybridized carbons (Fsp3) is 0.929. The zero-order valence-electron chi connectivity index (χ0n) is 11.4. The Labute approximate surface area is 101 Å². The average Bonchev–Trinajstić information content (AvgIpc) is 2.95. The number of hydrogen-bond donors (Lipinski definition) is 0. The van der Waals surface area contributed by atoms with E-state index in [9.17, 15) is 4.79 Å². The summed E-state index contributed by atoms with van der Waals surface area (Å²) >= 11 is 0. The summed E-state index contributed by atoms with van der Waals surface area (Å²) < 4.78 is 4.55. The zero-order chi connectivity index (χ0) is 12.4. The molecule has 0 amide bonds. The van der Waals surface area contributed by atoms with Crippen molar-refractivity contribution in [3.8, 4) is 0 Å². The summed E-state index contributed by atoms with van der Waals surface area (Å²) in [5, 5.41) is 0. The Hall–Kier alpha value is -0.530. The summed E-state index contributed by atoms with van der Waals surface area (Å²) in [5.41, 5.74) is -0.318. The summed E-state index contributed by atoms with van der Waals surface area (Å²) in [6, 6.07) is 0. The summed E-state index contributed by atoms with van der Waals surface area (Å²) in [6.07, 6.45) is 10.4. The van der Waals surface area contributed by atoms with Crippen molar-refractivity contribution in [2.75, 3.05) is 0 Å². The molecular weight excluding hydrogens is 200 g/mol. The van der Waals surface area contributed by atoms with Gasteiger partial charge in [-0.2, -0.15) is 0 Å². The first-order valence-electron chi connectivity index (χ1n) is 6.61. The lowest BCUT2D eigenvalue weighted by Gasteiger charge is -2.14. The zero-order valence-corrected chi connectivity index (χ0v) is 11.4. The van der Waals surface area contributed by atoms with Crippen LogP contribution in [-0.2, 0) is 9.53 Å². The fourth-order valence-corrected chi connectivity index (χ4v) is 1.41. The van der Waals surface area contributed by atoms with Gasteiger partial charge in [-0.15, -0.1) is 0 Å². The molecule has 0 spiro atoms. The Morgan fingerprint density at radius 2 is 1.81 bits per heavy atom. The Bertz CT molecular complexity index is 166. The smallest absolute Gasteiger partial charge is 0.293 e. The van der Waals surface area contributed by atoms with Crippen LogP contribution in [0.25, 0.3) is 0 Å². The van der Waals surface area contributed by atoms with Gasteiger partial charge in [-0.05, 0) is 26.7 Å². The van der Waals surface area contributed by atoms with E-state index >= 15 is 0 Å². The second kappa shape index (κ2) is 8.60. The molecule has 0 aromatic heterocycles. The molecule has 16 heavy (non-hydrogen) atoms. The maximum absolute atomic E-state index is 9.60. The molecule has 1 rings (SSSR count). The maximum Gasteiger partial charge on any atom is 0.293 e. The molecule has 0 aromatic rings. The molecule has 0 saturated heterocycles. The van der Waals surface area contributed by atoms with Gasteiger partial charge in [0.1, 0.15) is 5.60 Å². The molecule has 0 unspecified atom stereocenters. The highest BCUT2D eigenvalue weighted by molar-refractivity contribution is 5.37. The van der Waals surface area contributed by atoms with Crippen molar-refractivity contribution >= 4 is 6.47 Å². The second-order valence-corrected chi connectivity index (χ2v) is 5.62. The van der Waals surface area contributed by atoms with Crippen LogP contribution < -0.4 is 0 Å². The minimum Gasteiger partial charge on any atom is -0.462 e. The monoisotopic (exact) mass is 228 g/mol. The van der Waals surface area contributed by atoms with E-state index in [0.717, 1.165) is 5.92 Å². The summed E-state index contributed by atoms with van der Waals surface area (Å²) in [5.74, 6) is 1.15. The van der Waals surface area contributed by atoms with Crippen molar-refractivity contribution in [1.82, 2.24) is 0 Å². The molecule has 1 aliphatic carbocycles. The highest BCUT2D eigenvalue weighted by atomic mass is 16.5. The van der Waals surface area contributed by atoms with Gasteiger partial charge in [0.15, 0.2) is 0 Å². The minimum absolute atomic E-state index is 0.318. The normalized spacial score (nSPS) is 15.0. The van der Waals surface area contributed by atoms with E-state index in [1.54, 1.807) is 0 Å². The molecule has 1 fully saturated rings. The van der Waals surface area contributed by atoms with Gasteiger partial charge < -0.3 is 4.74 Å². The first-order chi connectivity index (χ1) is 7.49. The van der Waals surface area contributed by atoms with Crippen LogP contribution in [0.15, 0.2) is 0 Å². The van der Waals surface area contributed by atoms with E-state index in [1.807, 2.05) is 20.8 Å². The quantitative estimate of drug-likeness (QED) is 0.500. The fourth-order valence-electron chi connectivity index (χ4n) is 1.41. The van der Waals surface area contributed by atoms with Crippen LogP contribution in [0.2, 0.25) is 0 Å². The standard InChI is InChI=1S/C9H18.C5H10O2/c1-2-3-4-5-6-9-7-8-9;1-5(2,3)7-4-6/h9H,2-8H2,1H3;4H,1-3H3. The molecule has 1 aliphatic rings. The van der Waals surface area contributed by atoms with Crippen molar-refractivity contribution in [1.29, 1.82) is 0 Å². The van der Waals surface area contributed by atoms with Crippen molar-refractivity contribution in [3.05, 3.63) is 0 Å². The lowest BCUT2D eigenvalue weighted by molar-refractivity contribution is -0.138. The van der Waals surface area contributed by atoms with E-state index in [2.05, 4.69) is 11.7 Å². The van der Waals surface area contributed by atoms with Gasteiger partial charge in [0.2, 0.25) is 0 Å². The average molecular weight is 228 g/mol. The number of hydrogen-bond acceptors (Lipinski definition) is 2. The van der Waals surface area contributed by atoms with Gasteiger partial charge in [0.05, 0.1) is 0 Å².